The molecule has 7 nitrogen and oxygen atoms in total. The first-order valence-corrected chi connectivity index (χ1v) is 6.09. The first-order valence-electron chi connectivity index (χ1n) is 5.71. The molecule has 0 radical (unpaired) electrons. The van der Waals surface area contributed by atoms with Gasteiger partial charge in [-0.15, -0.1) is 0 Å². The number of aliphatic carboxylic acids is 1. The van der Waals surface area contributed by atoms with Crippen LogP contribution in [-0.2, 0) is 11.3 Å². The summed E-state index contributed by atoms with van der Waals surface area (Å²) in [5, 5.41) is 17.2. The highest BCUT2D eigenvalue weighted by Gasteiger charge is 2.08. The van der Waals surface area contributed by atoms with E-state index >= 15 is 0 Å². The molecule has 0 unspecified atom stereocenters. The SMILES string of the molecule is O=C(O)Cn1cc(NC(=O)Nc2ccc(F)c(Cl)c2)cn1. The van der Waals surface area contributed by atoms with Gasteiger partial charge in [-0.25, -0.2) is 9.18 Å². The molecule has 0 aliphatic rings. The van der Waals surface area contributed by atoms with E-state index < -0.39 is 17.8 Å². The first kappa shape index (κ1) is 14.8. The molecule has 0 aliphatic carbocycles. The molecule has 0 spiro atoms. The van der Waals surface area contributed by atoms with Crippen molar-refractivity contribution in [2.45, 2.75) is 6.54 Å². The van der Waals surface area contributed by atoms with Gasteiger partial charge in [-0.2, -0.15) is 5.10 Å². The van der Waals surface area contributed by atoms with E-state index in [0.29, 0.717) is 11.4 Å². The quantitative estimate of drug-likeness (QED) is 0.807. The monoisotopic (exact) mass is 312 g/mol. The molecule has 0 aliphatic heterocycles. The van der Waals surface area contributed by atoms with E-state index in [9.17, 15) is 14.0 Å². The minimum Gasteiger partial charge on any atom is -0.480 e. The average molecular weight is 313 g/mol. The Morgan fingerprint density at radius 2 is 2.05 bits per heavy atom. The lowest BCUT2D eigenvalue weighted by atomic mass is 10.3. The fourth-order valence-corrected chi connectivity index (χ4v) is 1.70. The minimum absolute atomic E-state index is 0.109. The third-order valence-corrected chi connectivity index (χ3v) is 2.66. The van der Waals surface area contributed by atoms with Gasteiger partial charge in [-0.3, -0.25) is 9.48 Å². The van der Waals surface area contributed by atoms with Gasteiger partial charge >= 0.3 is 12.0 Å². The molecular formula is C12H10ClFN4O3. The van der Waals surface area contributed by atoms with Crippen molar-refractivity contribution >= 4 is 35.0 Å². The smallest absolute Gasteiger partial charge is 0.325 e. The molecule has 0 fully saturated rings. The number of halogens is 2. The van der Waals surface area contributed by atoms with Gasteiger partial charge in [0.1, 0.15) is 12.4 Å². The van der Waals surface area contributed by atoms with E-state index in [1.165, 1.54) is 24.5 Å². The van der Waals surface area contributed by atoms with Crippen LogP contribution >= 0.6 is 11.6 Å². The van der Waals surface area contributed by atoms with Crippen molar-refractivity contribution in [1.29, 1.82) is 0 Å². The molecule has 0 atom stereocenters. The number of urea groups is 1. The van der Waals surface area contributed by atoms with Crippen molar-refractivity contribution in [3.8, 4) is 0 Å². The van der Waals surface area contributed by atoms with Crippen molar-refractivity contribution < 1.29 is 19.1 Å². The minimum atomic E-state index is -1.05. The Morgan fingerprint density at radius 1 is 1.33 bits per heavy atom. The molecule has 110 valence electrons. The number of hydrogen-bond donors (Lipinski definition) is 3. The number of hydrogen-bond acceptors (Lipinski definition) is 3. The number of nitrogens with zero attached hydrogens (tertiary/aromatic N) is 2. The fraction of sp³-hybridized carbons (Fsp3) is 0.0833. The average Bonchev–Trinajstić information content (AvgIpc) is 2.80. The molecule has 2 aromatic rings. The molecule has 0 saturated heterocycles. The van der Waals surface area contributed by atoms with Crippen LogP contribution in [0.4, 0.5) is 20.6 Å². The van der Waals surface area contributed by atoms with E-state index in [4.69, 9.17) is 16.7 Å². The van der Waals surface area contributed by atoms with Crippen molar-refractivity contribution in [3.05, 3.63) is 41.4 Å². The Hall–Kier alpha value is -2.61. The topological polar surface area (TPSA) is 96.2 Å². The lowest BCUT2D eigenvalue weighted by Crippen LogP contribution is -2.19. The van der Waals surface area contributed by atoms with Crippen LogP contribution in [0.25, 0.3) is 0 Å². The summed E-state index contributed by atoms with van der Waals surface area (Å²) in [6, 6.07) is 3.16. The number of carboxylic acids is 1. The zero-order valence-corrected chi connectivity index (χ0v) is 11.3. The highest BCUT2D eigenvalue weighted by Crippen LogP contribution is 2.19. The second-order valence-electron chi connectivity index (χ2n) is 4.03. The highest BCUT2D eigenvalue weighted by molar-refractivity contribution is 6.31. The molecule has 3 N–H and O–H groups in total. The molecule has 1 aromatic carbocycles. The number of aromatic nitrogens is 2. The Bertz CT molecular complexity index is 689. The van der Waals surface area contributed by atoms with Crippen molar-refractivity contribution in [2.75, 3.05) is 10.6 Å². The zero-order chi connectivity index (χ0) is 15.4. The molecule has 1 heterocycles. The van der Waals surface area contributed by atoms with Crippen molar-refractivity contribution in [2.24, 2.45) is 0 Å². The number of amides is 2. The van der Waals surface area contributed by atoms with E-state index in [2.05, 4.69) is 15.7 Å². The summed E-state index contributed by atoms with van der Waals surface area (Å²) in [4.78, 5) is 22.2. The fourth-order valence-electron chi connectivity index (χ4n) is 1.52. The van der Waals surface area contributed by atoms with Crippen LogP contribution in [-0.4, -0.2) is 26.9 Å². The second kappa shape index (κ2) is 6.23. The predicted molar refractivity (Wildman–Crippen MR) is 73.9 cm³/mol. The van der Waals surface area contributed by atoms with Crippen LogP contribution in [0.2, 0.25) is 5.02 Å². The number of nitrogens with one attached hydrogen (secondary N) is 2. The molecule has 0 bridgehead atoms. The second-order valence-corrected chi connectivity index (χ2v) is 4.44. The maximum atomic E-state index is 13.0. The largest absolute Gasteiger partial charge is 0.480 e. The predicted octanol–water partition coefficient (Wildman–Crippen LogP) is 2.40. The third-order valence-electron chi connectivity index (χ3n) is 2.37. The molecule has 2 rings (SSSR count). The van der Waals surface area contributed by atoms with Gasteiger partial charge in [0, 0.05) is 11.9 Å². The summed E-state index contributed by atoms with van der Waals surface area (Å²) in [6.45, 7) is -0.309. The maximum Gasteiger partial charge on any atom is 0.325 e. The van der Waals surface area contributed by atoms with E-state index in [1.54, 1.807) is 0 Å². The molecule has 9 heteroatoms. The third kappa shape index (κ3) is 4.18. The number of carbonyl (C=O) groups excluding carboxylic acids is 1. The van der Waals surface area contributed by atoms with Gasteiger partial charge in [0.25, 0.3) is 0 Å². The van der Waals surface area contributed by atoms with Crippen LogP contribution in [0, 0.1) is 5.82 Å². The Morgan fingerprint density at radius 3 is 2.71 bits per heavy atom. The zero-order valence-electron chi connectivity index (χ0n) is 10.5. The lowest BCUT2D eigenvalue weighted by molar-refractivity contribution is -0.137. The number of carbonyl (C=O) groups is 2. The maximum absolute atomic E-state index is 13.0. The van der Waals surface area contributed by atoms with Crippen LogP contribution in [0.5, 0.6) is 0 Å². The van der Waals surface area contributed by atoms with Gasteiger partial charge in [-0.05, 0) is 18.2 Å². The lowest BCUT2D eigenvalue weighted by Gasteiger charge is -2.06. The standard InChI is InChI=1S/C12H10ClFN4O3/c13-9-3-7(1-2-10(9)14)16-12(21)17-8-4-15-18(5-8)6-11(19)20/h1-5H,6H2,(H,19,20)(H2,16,17,21). The van der Waals surface area contributed by atoms with Gasteiger partial charge in [0.15, 0.2) is 0 Å². The summed E-state index contributed by atoms with van der Waals surface area (Å²) >= 11 is 5.59. The number of carboxylic acid groups (broad SMARTS) is 1. The molecule has 2 amide bonds. The summed E-state index contributed by atoms with van der Waals surface area (Å²) < 4.78 is 14.1. The van der Waals surface area contributed by atoms with E-state index in [0.717, 1.165) is 10.7 Å². The molecule has 1 aromatic heterocycles. The Balaban J connectivity index is 1.96. The Kier molecular flexibility index (Phi) is 4.39. The van der Waals surface area contributed by atoms with E-state index in [1.807, 2.05) is 0 Å². The summed E-state index contributed by atoms with van der Waals surface area (Å²) in [5.74, 6) is -1.63. The number of benzene rings is 1. The first-order chi connectivity index (χ1) is 9.94. The van der Waals surface area contributed by atoms with Crippen molar-refractivity contribution in [3.63, 3.8) is 0 Å². The number of anilines is 2. The van der Waals surface area contributed by atoms with Gasteiger partial charge in [0.2, 0.25) is 0 Å². The Labute approximate surface area is 123 Å². The summed E-state index contributed by atoms with van der Waals surface area (Å²) in [6.07, 6.45) is 2.67. The normalized spacial score (nSPS) is 10.2. The molecule has 0 saturated carbocycles. The van der Waals surface area contributed by atoms with Crippen molar-refractivity contribution in [1.82, 2.24) is 9.78 Å². The van der Waals surface area contributed by atoms with Crippen LogP contribution in [0.1, 0.15) is 0 Å². The highest BCUT2D eigenvalue weighted by atomic mass is 35.5. The van der Waals surface area contributed by atoms with E-state index in [-0.39, 0.29) is 11.6 Å². The molecular weight excluding hydrogens is 303 g/mol. The van der Waals surface area contributed by atoms with Crippen LogP contribution < -0.4 is 10.6 Å². The number of rotatable bonds is 4. The molecule has 21 heavy (non-hydrogen) atoms. The van der Waals surface area contributed by atoms with Gasteiger partial charge < -0.3 is 15.7 Å². The van der Waals surface area contributed by atoms with Gasteiger partial charge in [-0.1, -0.05) is 11.6 Å². The summed E-state index contributed by atoms with van der Waals surface area (Å²) in [7, 11) is 0. The van der Waals surface area contributed by atoms with Gasteiger partial charge in [0.05, 0.1) is 16.9 Å². The summed E-state index contributed by atoms with van der Waals surface area (Å²) in [5.41, 5.74) is 0.638. The van der Waals surface area contributed by atoms with Crippen LogP contribution in [0.3, 0.4) is 0 Å². The van der Waals surface area contributed by atoms with Crippen LogP contribution in [0.15, 0.2) is 30.6 Å².